The number of aromatic nitrogens is 1. The zero-order valence-electron chi connectivity index (χ0n) is 17.8. The van der Waals surface area contributed by atoms with Crippen LogP contribution in [0.5, 0.6) is 5.75 Å². The van der Waals surface area contributed by atoms with Gasteiger partial charge in [-0.15, -0.1) is 0 Å². The summed E-state index contributed by atoms with van der Waals surface area (Å²) in [6.07, 6.45) is -0.494. The smallest absolute Gasteiger partial charge is 0.277 e. The number of rotatable bonds is 5. The number of carbonyl (C=O) groups is 1. The number of nitrogens with one attached hydrogen (secondary N) is 2. The lowest BCUT2D eigenvalue weighted by atomic mass is 9.90. The summed E-state index contributed by atoms with van der Waals surface area (Å²) in [4.78, 5) is 18.2. The van der Waals surface area contributed by atoms with Crippen molar-refractivity contribution in [2.45, 2.75) is 18.1 Å². The van der Waals surface area contributed by atoms with Crippen molar-refractivity contribution in [2.24, 2.45) is 0 Å². The molecule has 33 heavy (non-hydrogen) atoms. The van der Waals surface area contributed by atoms with Crippen LogP contribution < -0.4 is 15.5 Å². The van der Waals surface area contributed by atoms with Gasteiger partial charge in [0.25, 0.3) is 5.91 Å². The number of hydrogen-bond donors (Lipinski definition) is 2. The fourth-order valence-electron chi connectivity index (χ4n) is 4.36. The van der Waals surface area contributed by atoms with Gasteiger partial charge in [0.1, 0.15) is 23.5 Å². The number of ether oxygens (including phenoxy) is 2. The zero-order valence-corrected chi connectivity index (χ0v) is 18.6. The van der Waals surface area contributed by atoms with Crippen LogP contribution in [0.1, 0.15) is 17.4 Å². The van der Waals surface area contributed by atoms with Gasteiger partial charge in [-0.3, -0.25) is 4.79 Å². The maximum atomic E-state index is 13.7. The van der Waals surface area contributed by atoms with Gasteiger partial charge in [-0.2, -0.15) is 5.26 Å². The second-order valence-corrected chi connectivity index (χ2v) is 8.13. The van der Waals surface area contributed by atoms with Gasteiger partial charge in [-0.05, 0) is 5.56 Å². The van der Waals surface area contributed by atoms with Crippen LogP contribution >= 0.6 is 11.6 Å². The maximum Gasteiger partial charge on any atom is 0.277 e. The van der Waals surface area contributed by atoms with Crippen LogP contribution in [-0.2, 0) is 9.53 Å². The number of methoxy groups -OCH3 is 2. The average molecular weight is 466 g/mol. The highest BCUT2D eigenvalue weighted by Crippen LogP contribution is 2.38. The van der Waals surface area contributed by atoms with Gasteiger partial charge >= 0.3 is 0 Å². The highest BCUT2D eigenvalue weighted by molar-refractivity contribution is 6.31. The Morgan fingerprint density at radius 1 is 1.27 bits per heavy atom. The molecule has 1 aromatic heterocycles. The molecule has 3 atom stereocenters. The number of nitrogens with zero attached hydrogens (tertiary/aromatic N) is 3. The van der Waals surface area contributed by atoms with Gasteiger partial charge in [0.2, 0.25) is 5.89 Å². The molecule has 2 N–H and O–H groups in total. The molecule has 9 nitrogen and oxygen atoms in total. The molecule has 1 saturated heterocycles. The zero-order chi connectivity index (χ0) is 23.1. The number of nitriles is 1. The maximum absolute atomic E-state index is 13.7. The highest BCUT2D eigenvalue weighted by atomic mass is 35.5. The van der Waals surface area contributed by atoms with Gasteiger partial charge in [0.15, 0.2) is 11.1 Å². The van der Waals surface area contributed by atoms with Crippen molar-refractivity contribution in [3.05, 3.63) is 64.6 Å². The molecular weight excluding hydrogens is 446 g/mol. The first-order valence-electron chi connectivity index (χ1n) is 10.2. The van der Waals surface area contributed by atoms with E-state index in [1.54, 1.807) is 12.1 Å². The molecule has 0 saturated carbocycles. The quantitative estimate of drug-likeness (QED) is 0.591. The number of hydrazine groups is 1. The molecule has 0 spiro atoms. The van der Waals surface area contributed by atoms with Crippen LogP contribution in [0, 0.1) is 11.3 Å². The Kier molecular flexibility index (Phi) is 5.42. The highest BCUT2D eigenvalue weighted by Gasteiger charge is 2.49. The standard InChI is InChI=1S/C23H20ClN5O4/c1-31-11-15-19(22-27-20-16(32-2)8-13(24)9-17(20)33-22)23(30)29-21(26-15)18(14(10-25)28-29)12-6-4-3-5-7-12/h3-9,14,18,21,26,28H,11H2,1-2H3. The second kappa shape index (κ2) is 8.41. The minimum Gasteiger partial charge on any atom is -0.494 e. The molecule has 0 aliphatic carbocycles. The van der Waals surface area contributed by atoms with Crippen LogP contribution in [0.2, 0.25) is 5.02 Å². The Hall–Kier alpha value is -3.58. The van der Waals surface area contributed by atoms with Crippen LogP contribution in [0.4, 0.5) is 0 Å². The van der Waals surface area contributed by atoms with E-state index in [0.717, 1.165) is 5.56 Å². The predicted octanol–water partition coefficient (Wildman–Crippen LogP) is 2.80. The molecule has 3 unspecified atom stereocenters. The molecule has 2 aliphatic rings. The third kappa shape index (κ3) is 3.49. The van der Waals surface area contributed by atoms with E-state index >= 15 is 0 Å². The van der Waals surface area contributed by atoms with Gasteiger partial charge < -0.3 is 19.2 Å². The largest absolute Gasteiger partial charge is 0.494 e. The summed E-state index contributed by atoms with van der Waals surface area (Å²) >= 11 is 6.16. The predicted molar refractivity (Wildman–Crippen MR) is 120 cm³/mol. The van der Waals surface area contributed by atoms with Crippen molar-refractivity contribution < 1.29 is 18.7 Å². The van der Waals surface area contributed by atoms with Crippen molar-refractivity contribution in [2.75, 3.05) is 20.8 Å². The van der Waals surface area contributed by atoms with Crippen molar-refractivity contribution in [3.63, 3.8) is 0 Å². The number of fused-ring (bicyclic) bond motifs is 2. The Labute approximate surface area is 194 Å². The molecule has 168 valence electrons. The van der Waals surface area contributed by atoms with Crippen LogP contribution in [0.3, 0.4) is 0 Å². The summed E-state index contributed by atoms with van der Waals surface area (Å²) in [5.41, 5.74) is 5.53. The molecule has 3 heterocycles. The number of halogens is 1. The third-order valence-corrected chi connectivity index (χ3v) is 6.00. The van der Waals surface area contributed by atoms with E-state index in [4.69, 9.17) is 25.5 Å². The first kappa shape index (κ1) is 21.3. The van der Waals surface area contributed by atoms with Gasteiger partial charge in [-0.1, -0.05) is 41.9 Å². The van der Waals surface area contributed by atoms with E-state index in [0.29, 0.717) is 27.6 Å². The molecule has 1 amide bonds. The molecule has 0 bridgehead atoms. The normalized spacial score (nSPS) is 22.3. The van der Waals surface area contributed by atoms with Crippen LogP contribution in [-0.4, -0.2) is 48.9 Å². The van der Waals surface area contributed by atoms with Crippen molar-refractivity contribution >= 4 is 34.2 Å². The summed E-state index contributed by atoms with van der Waals surface area (Å²) in [7, 11) is 3.05. The molecule has 0 radical (unpaired) electrons. The lowest BCUT2D eigenvalue weighted by molar-refractivity contribution is -0.130. The molecule has 2 aromatic carbocycles. The van der Waals surface area contributed by atoms with E-state index in [2.05, 4.69) is 21.8 Å². The monoisotopic (exact) mass is 465 g/mol. The fraction of sp³-hybridized carbons (Fsp3) is 0.261. The van der Waals surface area contributed by atoms with E-state index < -0.39 is 12.2 Å². The summed E-state index contributed by atoms with van der Waals surface area (Å²) in [5, 5.41) is 15.0. The lowest BCUT2D eigenvalue weighted by Gasteiger charge is -2.34. The molecular formula is C23H20ClN5O4. The van der Waals surface area contributed by atoms with Gasteiger partial charge in [0.05, 0.1) is 31.4 Å². The van der Waals surface area contributed by atoms with Crippen molar-refractivity contribution in [1.29, 1.82) is 5.26 Å². The summed E-state index contributed by atoms with van der Waals surface area (Å²) in [5.74, 6) is -0.132. The molecule has 2 aliphatic heterocycles. The molecule has 10 heteroatoms. The number of benzene rings is 2. The minimum absolute atomic E-state index is 0.104. The van der Waals surface area contributed by atoms with E-state index in [-0.39, 0.29) is 29.9 Å². The molecule has 1 fully saturated rings. The summed E-state index contributed by atoms with van der Waals surface area (Å²) in [6.45, 7) is 0.126. The average Bonchev–Trinajstić information content (AvgIpc) is 3.40. The van der Waals surface area contributed by atoms with E-state index in [1.807, 2.05) is 30.3 Å². The van der Waals surface area contributed by atoms with Gasteiger partial charge in [0, 0.05) is 24.3 Å². The Bertz CT molecular complexity index is 1300. The van der Waals surface area contributed by atoms with Gasteiger partial charge in [-0.25, -0.2) is 15.4 Å². The summed E-state index contributed by atoms with van der Waals surface area (Å²) in [6, 6.07) is 14.5. The first-order valence-corrected chi connectivity index (χ1v) is 10.6. The molecule has 5 rings (SSSR count). The van der Waals surface area contributed by atoms with Crippen LogP contribution in [0.15, 0.2) is 52.6 Å². The van der Waals surface area contributed by atoms with E-state index in [9.17, 15) is 10.1 Å². The number of carbonyl (C=O) groups excluding carboxylic acids is 1. The van der Waals surface area contributed by atoms with Crippen LogP contribution in [0.25, 0.3) is 16.7 Å². The van der Waals surface area contributed by atoms with E-state index in [1.165, 1.54) is 19.2 Å². The Morgan fingerprint density at radius 3 is 2.76 bits per heavy atom. The fourth-order valence-corrected chi connectivity index (χ4v) is 4.56. The number of oxazole rings is 1. The van der Waals surface area contributed by atoms with Crippen molar-refractivity contribution in [1.82, 2.24) is 20.7 Å². The number of amides is 1. The Balaban J connectivity index is 1.62. The first-order chi connectivity index (χ1) is 16.0. The topological polar surface area (TPSA) is 113 Å². The minimum atomic E-state index is -0.612. The molecule has 3 aromatic rings. The Morgan fingerprint density at radius 2 is 2.06 bits per heavy atom. The summed E-state index contributed by atoms with van der Waals surface area (Å²) < 4.78 is 16.7. The second-order valence-electron chi connectivity index (χ2n) is 7.70. The van der Waals surface area contributed by atoms with Crippen molar-refractivity contribution in [3.8, 4) is 11.8 Å². The third-order valence-electron chi connectivity index (χ3n) is 5.78. The SMILES string of the molecule is COCC1=C(c2nc3c(OC)cc(Cl)cc3o2)C(=O)N2NC(C#N)C(c3ccccc3)C2N1. The lowest BCUT2D eigenvalue weighted by Crippen LogP contribution is -2.55. The number of hydrogen-bond acceptors (Lipinski definition) is 8.